The number of hydrogen-bond acceptors (Lipinski definition) is 6. The summed E-state index contributed by atoms with van der Waals surface area (Å²) in [5.74, 6) is 1.04. The molecule has 0 saturated heterocycles. The van der Waals surface area contributed by atoms with Crippen molar-refractivity contribution in [2.75, 3.05) is 24.4 Å². The Labute approximate surface area is 258 Å². The molecule has 0 radical (unpaired) electrons. The summed E-state index contributed by atoms with van der Waals surface area (Å²) in [7, 11) is 3.45. The molecule has 0 bridgehead atoms. The number of thiocarbonyl (C=S) groups is 1. The van der Waals surface area contributed by atoms with Crippen LogP contribution in [0.5, 0.6) is 11.5 Å². The first-order valence-electron chi connectivity index (χ1n) is 14.0. The number of carbonyl (C=O) groups excluding carboxylic acids is 1. The van der Waals surface area contributed by atoms with Crippen molar-refractivity contribution in [1.82, 2.24) is 9.97 Å². The third-order valence-corrected chi connectivity index (χ3v) is 7.99. The number of aromatic nitrogens is 2. The molecule has 0 atom stereocenters. The van der Waals surface area contributed by atoms with E-state index in [0.717, 1.165) is 49.5 Å². The molecule has 1 amide bonds. The average Bonchev–Trinajstić information content (AvgIpc) is 3.07. The van der Waals surface area contributed by atoms with E-state index in [2.05, 4.69) is 29.6 Å². The van der Waals surface area contributed by atoms with Crippen molar-refractivity contribution in [2.45, 2.75) is 0 Å². The second kappa shape index (κ2) is 11.2. The predicted octanol–water partition coefficient (Wildman–Crippen LogP) is 8.15. The minimum atomic E-state index is -0.251. The standard InChI is InChI=1S/C36H26N4O3S/c1-40(24-14-18-25(42-2)19-15-24)36(44)43-26-16-11-22(12-17-26)35(41)37-23-13-20-31-32(21-23)39-34-30-10-6-4-8-28(30)27-7-3-5-9-29(27)33(34)38-31/h3-21H,1-2H3,(H,37,41). The zero-order chi connectivity index (χ0) is 30.2. The largest absolute Gasteiger partial charge is 0.497 e. The van der Waals surface area contributed by atoms with Crippen LogP contribution in [0.15, 0.2) is 115 Å². The highest BCUT2D eigenvalue weighted by Crippen LogP contribution is 2.34. The highest BCUT2D eigenvalue weighted by molar-refractivity contribution is 7.80. The van der Waals surface area contributed by atoms with Gasteiger partial charge in [0.25, 0.3) is 11.1 Å². The third kappa shape index (κ3) is 5.01. The Morgan fingerprint density at radius 3 is 1.89 bits per heavy atom. The number of rotatable bonds is 5. The Kier molecular flexibility index (Phi) is 6.96. The van der Waals surface area contributed by atoms with Crippen molar-refractivity contribution in [1.29, 1.82) is 0 Å². The monoisotopic (exact) mass is 594 g/mol. The van der Waals surface area contributed by atoms with Gasteiger partial charge in [-0.1, -0.05) is 48.5 Å². The number of fused-ring (bicyclic) bond motifs is 7. The van der Waals surface area contributed by atoms with E-state index in [1.54, 1.807) is 36.3 Å². The van der Waals surface area contributed by atoms with Gasteiger partial charge in [-0.05, 0) is 89.7 Å². The Morgan fingerprint density at radius 2 is 1.27 bits per heavy atom. The number of nitrogens with one attached hydrogen (secondary N) is 1. The van der Waals surface area contributed by atoms with Crippen molar-refractivity contribution in [2.24, 2.45) is 0 Å². The number of amides is 1. The average molecular weight is 595 g/mol. The number of carbonyl (C=O) groups is 1. The van der Waals surface area contributed by atoms with Gasteiger partial charge >= 0.3 is 0 Å². The number of hydrogen-bond donors (Lipinski definition) is 1. The van der Waals surface area contributed by atoms with Crippen LogP contribution in [0.4, 0.5) is 11.4 Å². The normalized spacial score (nSPS) is 11.1. The zero-order valence-corrected chi connectivity index (χ0v) is 24.8. The number of nitrogens with zero attached hydrogens (tertiary/aromatic N) is 3. The third-order valence-electron chi connectivity index (χ3n) is 7.63. The maximum atomic E-state index is 13.1. The van der Waals surface area contributed by atoms with E-state index < -0.39 is 0 Å². The minimum absolute atomic E-state index is 0.251. The first-order valence-corrected chi connectivity index (χ1v) is 14.4. The molecule has 0 unspecified atom stereocenters. The quantitative estimate of drug-likeness (QED) is 0.122. The lowest BCUT2D eigenvalue weighted by atomic mass is 9.99. The molecule has 214 valence electrons. The van der Waals surface area contributed by atoms with Gasteiger partial charge in [0.1, 0.15) is 11.5 Å². The van der Waals surface area contributed by atoms with Crippen LogP contribution in [0.2, 0.25) is 0 Å². The van der Waals surface area contributed by atoms with Gasteiger partial charge in [-0.3, -0.25) is 4.79 Å². The number of benzene rings is 6. The summed E-state index contributed by atoms with van der Waals surface area (Å²) < 4.78 is 11.1. The van der Waals surface area contributed by atoms with E-state index in [-0.39, 0.29) is 11.1 Å². The molecule has 1 aromatic heterocycles. The van der Waals surface area contributed by atoms with Gasteiger partial charge in [0.2, 0.25) is 0 Å². The molecule has 7 nitrogen and oxygen atoms in total. The van der Waals surface area contributed by atoms with E-state index in [4.69, 9.17) is 31.7 Å². The van der Waals surface area contributed by atoms with Crippen molar-refractivity contribution < 1.29 is 14.3 Å². The van der Waals surface area contributed by atoms with E-state index in [9.17, 15) is 4.79 Å². The molecule has 8 heteroatoms. The Balaban J connectivity index is 1.11. The van der Waals surface area contributed by atoms with E-state index in [1.165, 1.54) is 0 Å². The summed E-state index contributed by atoms with van der Waals surface area (Å²) >= 11 is 5.47. The molecule has 6 aromatic carbocycles. The molecule has 0 aliphatic heterocycles. The zero-order valence-electron chi connectivity index (χ0n) is 23.9. The van der Waals surface area contributed by atoms with Crippen LogP contribution in [0.1, 0.15) is 10.4 Å². The highest BCUT2D eigenvalue weighted by atomic mass is 32.1. The highest BCUT2D eigenvalue weighted by Gasteiger charge is 2.14. The van der Waals surface area contributed by atoms with Gasteiger partial charge in [-0.15, -0.1) is 0 Å². The molecule has 0 saturated carbocycles. The number of anilines is 2. The first kappa shape index (κ1) is 27.2. The maximum absolute atomic E-state index is 13.1. The SMILES string of the molecule is COc1ccc(N(C)C(=S)Oc2ccc(C(=O)Nc3ccc4nc5c6ccccc6c6ccccc6c5nc4c3)cc2)cc1. The summed E-state index contributed by atoms with van der Waals surface area (Å²) in [4.78, 5) is 24.9. The molecule has 0 aliphatic rings. The molecular formula is C36H26N4O3S. The fourth-order valence-corrected chi connectivity index (χ4v) is 5.52. The second-order valence-corrected chi connectivity index (χ2v) is 10.7. The van der Waals surface area contributed by atoms with Crippen LogP contribution in [0.3, 0.4) is 0 Å². The topological polar surface area (TPSA) is 76.6 Å². The van der Waals surface area contributed by atoms with Crippen molar-refractivity contribution >= 4 is 78.3 Å². The number of ether oxygens (including phenoxy) is 2. The lowest BCUT2D eigenvalue weighted by Gasteiger charge is -2.20. The van der Waals surface area contributed by atoms with Crippen LogP contribution in [-0.4, -0.2) is 35.2 Å². The van der Waals surface area contributed by atoms with Crippen molar-refractivity contribution in [3.63, 3.8) is 0 Å². The van der Waals surface area contributed by atoms with Gasteiger partial charge in [0.15, 0.2) is 0 Å². The van der Waals surface area contributed by atoms with Gasteiger partial charge in [0, 0.05) is 34.8 Å². The van der Waals surface area contributed by atoms with Crippen LogP contribution >= 0.6 is 12.2 Å². The lowest BCUT2D eigenvalue weighted by Crippen LogP contribution is -2.29. The van der Waals surface area contributed by atoms with Crippen molar-refractivity contribution in [3.8, 4) is 11.5 Å². The molecule has 7 aromatic rings. The van der Waals surface area contributed by atoms with E-state index >= 15 is 0 Å². The molecular weight excluding hydrogens is 568 g/mol. The van der Waals surface area contributed by atoms with E-state index in [1.807, 2.05) is 73.8 Å². The second-order valence-electron chi connectivity index (χ2n) is 10.3. The Morgan fingerprint density at radius 1 is 0.705 bits per heavy atom. The van der Waals surface area contributed by atoms with Gasteiger partial charge in [0.05, 0.1) is 29.2 Å². The molecule has 0 aliphatic carbocycles. The van der Waals surface area contributed by atoms with Gasteiger partial charge < -0.3 is 19.7 Å². The summed E-state index contributed by atoms with van der Waals surface area (Å²) in [6, 6.07) is 36.4. The van der Waals surface area contributed by atoms with Gasteiger partial charge in [-0.25, -0.2) is 9.97 Å². The summed E-state index contributed by atoms with van der Waals surface area (Å²) in [6.45, 7) is 0. The molecule has 7 rings (SSSR count). The van der Waals surface area contributed by atoms with E-state index in [0.29, 0.717) is 22.5 Å². The number of methoxy groups -OCH3 is 1. The molecule has 0 fully saturated rings. The summed E-state index contributed by atoms with van der Waals surface area (Å²) in [5, 5.41) is 7.65. The molecule has 1 heterocycles. The van der Waals surface area contributed by atoms with Gasteiger partial charge in [-0.2, -0.15) is 0 Å². The fraction of sp³-hybridized carbons (Fsp3) is 0.0556. The maximum Gasteiger partial charge on any atom is 0.269 e. The smallest absolute Gasteiger partial charge is 0.269 e. The summed E-state index contributed by atoms with van der Waals surface area (Å²) in [5.41, 5.74) is 5.13. The first-order chi connectivity index (χ1) is 21.5. The predicted molar refractivity (Wildman–Crippen MR) is 181 cm³/mol. The van der Waals surface area contributed by atoms with Crippen molar-refractivity contribution in [3.05, 3.63) is 121 Å². The fourth-order valence-electron chi connectivity index (χ4n) is 5.31. The van der Waals surface area contributed by atoms with Crippen LogP contribution in [-0.2, 0) is 0 Å². The molecule has 0 spiro atoms. The summed E-state index contributed by atoms with van der Waals surface area (Å²) in [6.07, 6.45) is 0. The minimum Gasteiger partial charge on any atom is -0.497 e. The molecule has 44 heavy (non-hydrogen) atoms. The van der Waals surface area contributed by atoms with Crippen LogP contribution in [0, 0.1) is 0 Å². The lowest BCUT2D eigenvalue weighted by molar-refractivity contribution is 0.102. The Bertz CT molecular complexity index is 2220. The van der Waals surface area contributed by atoms with Crippen LogP contribution < -0.4 is 19.7 Å². The molecule has 1 N–H and O–H groups in total. The van der Waals surface area contributed by atoms with Crippen LogP contribution in [0.25, 0.3) is 43.6 Å². The Hall–Kier alpha value is -5.60.